The molecule has 18 heavy (non-hydrogen) atoms. The van der Waals surface area contributed by atoms with E-state index < -0.39 is 4.92 Å². The quantitative estimate of drug-likeness (QED) is 0.643. The Morgan fingerprint density at radius 2 is 1.89 bits per heavy atom. The van der Waals surface area contributed by atoms with Gasteiger partial charge in [0, 0.05) is 23.3 Å². The summed E-state index contributed by atoms with van der Waals surface area (Å²) in [5.74, 6) is -0.156. The average molecular weight is 308 g/mol. The Morgan fingerprint density at radius 3 is 2.50 bits per heavy atom. The van der Waals surface area contributed by atoms with Crippen LogP contribution in [-0.2, 0) is 0 Å². The molecule has 5 nitrogen and oxygen atoms in total. The largest absolute Gasteiger partial charge is 0.365 e. The summed E-state index contributed by atoms with van der Waals surface area (Å²) in [4.78, 5) is 15.7. The van der Waals surface area contributed by atoms with Crippen LogP contribution in [0, 0.1) is 10.1 Å². The van der Waals surface area contributed by atoms with Crippen molar-refractivity contribution in [3.05, 3.63) is 57.2 Å². The Balaban J connectivity index is 2.33. The van der Waals surface area contributed by atoms with Gasteiger partial charge in [0.25, 0.3) is 0 Å². The van der Waals surface area contributed by atoms with Gasteiger partial charge in [0.2, 0.25) is 0 Å². The van der Waals surface area contributed by atoms with Gasteiger partial charge in [0.15, 0.2) is 0 Å². The Morgan fingerprint density at radius 1 is 1.22 bits per heavy atom. The van der Waals surface area contributed by atoms with Crippen molar-refractivity contribution in [1.82, 2.24) is 4.98 Å². The third-order valence-corrected chi connectivity index (χ3v) is 3.05. The number of nitro groups is 1. The van der Waals surface area contributed by atoms with Crippen molar-refractivity contribution in [2.75, 3.05) is 11.9 Å². The molecule has 0 aliphatic heterocycles. The maximum atomic E-state index is 10.7. The van der Waals surface area contributed by atoms with Crippen LogP contribution in [0.25, 0.3) is 0 Å². The van der Waals surface area contributed by atoms with Gasteiger partial charge in [-0.2, -0.15) is 0 Å². The first-order valence-electron chi connectivity index (χ1n) is 5.17. The molecule has 6 heteroatoms. The van der Waals surface area contributed by atoms with Gasteiger partial charge in [0.05, 0.1) is 11.8 Å². The fourth-order valence-electron chi connectivity index (χ4n) is 1.53. The van der Waals surface area contributed by atoms with E-state index in [1.807, 2.05) is 36.2 Å². The number of rotatable bonds is 3. The highest BCUT2D eigenvalue weighted by Gasteiger charge is 2.11. The lowest BCUT2D eigenvalue weighted by molar-refractivity contribution is -0.389. The molecule has 0 saturated heterocycles. The van der Waals surface area contributed by atoms with Crippen LogP contribution in [0.2, 0.25) is 0 Å². The molecule has 0 fully saturated rings. The highest BCUT2D eigenvalue weighted by Crippen LogP contribution is 2.26. The fourth-order valence-corrected chi connectivity index (χ4v) is 1.79. The van der Waals surface area contributed by atoms with Gasteiger partial charge >= 0.3 is 5.82 Å². The third-order valence-electron chi connectivity index (χ3n) is 2.52. The van der Waals surface area contributed by atoms with Crippen LogP contribution in [0.5, 0.6) is 0 Å². The van der Waals surface area contributed by atoms with Crippen molar-refractivity contribution in [2.45, 2.75) is 0 Å². The molecule has 0 saturated carbocycles. The molecule has 0 aliphatic rings. The molecule has 0 aliphatic carbocycles. The van der Waals surface area contributed by atoms with Crippen molar-refractivity contribution in [3.63, 3.8) is 0 Å². The zero-order chi connectivity index (χ0) is 13.1. The summed E-state index contributed by atoms with van der Waals surface area (Å²) in [6, 6.07) is 10.9. The average Bonchev–Trinajstić information content (AvgIpc) is 2.39. The molecule has 0 bridgehead atoms. The number of nitrogens with zero attached hydrogens (tertiary/aromatic N) is 3. The van der Waals surface area contributed by atoms with Gasteiger partial charge < -0.3 is 15.0 Å². The van der Waals surface area contributed by atoms with Crippen molar-refractivity contribution in [3.8, 4) is 0 Å². The molecule has 0 amide bonds. The Labute approximate surface area is 112 Å². The number of hydrogen-bond acceptors (Lipinski definition) is 4. The molecular weight excluding hydrogens is 298 g/mol. The topological polar surface area (TPSA) is 59.3 Å². The van der Waals surface area contributed by atoms with Gasteiger partial charge in [-0.1, -0.05) is 15.9 Å². The maximum Gasteiger partial charge on any atom is 0.365 e. The summed E-state index contributed by atoms with van der Waals surface area (Å²) in [5.41, 5.74) is 1.66. The molecule has 2 rings (SSSR count). The standard InChI is InChI=1S/C12H10BrN3O2/c1-15(10-4-2-9(13)3-5-10)11-6-7-14-12(8-11)16(17)18/h2-8H,1H3. The Kier molecular flexibility index (Phi) is 3.57. The molecule has 0 atom stereocenters. The highest BCUT2D eigenvalue weighted by atomic mass is 79.9. The molecule has 1 aromatic carbocycles. The molecule has 0 radical (unpaired) electrons. The predicted molar refractivity (Wildman–Crippen MR) is 73.1 cm³/mol. The highest BCUT2D eigenvalue weighted by molar-refractivity contribution is 9.10. The number of halogens is 1. The van der Waals surface area contributed by atoms with Crippen molar-refractivity contribution >= 4 is 33.1 Å². The summed E-state index contributed by atoms with van der Waals surface area (Å²) in [6.07, 6.45) is 1.43. The van der Waals surface area contributed by atoms with Crippen LogP contribution >= 0.6 is 15.9 Å². The van der Waals surface area contributed by atoms with Crippen molar-refractivity contribution in [2.24, 2.45) is 0 Å². The van der Waals surface area contributed by atoms with E-state index >= 15 is 0 Å². The van der Waals surface area contributed by atoms with E-state index in [0.29, 0.717) is 0 Å². The normalized spacial score (nSPS) is 10.1. The molecular formula is C12H10BrN3O2. The number of benzene rings is 1. The fraction of sp³-hybridized carbons (Fsp3) is 0.0833. The minimum Gasteiger partial charge on any atom is -0.358 e. The first kappa shape index (κ1) is 12.5. The molecule has 0 N–H and O–H groups in total. The van der Waals surface area contributed by atoms with E-state index in [-0.39, 0.29) is 5.82 Å². The van der Waals surface area contributed by atoms with E-state index in [2.05, 4.69) is 20.9 Å². The van der Waals surface area contributed by atoms with Gasteiger partial charge in [-0.25, -0.2) is 0 Å². The van der Waals surface area contributed by atoms with Crippen molar-refractivity contribution < 1.29 is 4.92 Å². The van der Waals surface area contributed by atoms with E-state index in [9.17, 15) is 10.1 Å². The summed E-state index contributed by atoms with van der Waals surface area (Å²) in [7, 11) is 1.85. The minimum atomic E-state index is -0.501. The van der Waals surface area contributed by atoms with Gasteiger partial charge in [0.1, 0.15) is 6.20 Å². The molecule has 1 heterocycles. The van der Waals surface area contributed by atoms with Gasteiger partial charge in [-0.15, -0.1) is 0 Å². The predicted octanol–water partition coefficient (Wildman–Crippen LogP) is 3.52. The van der Waals surface area contributed by atoms with E-state index in [1.165, 1.54) is 12.3 Å². The molecule has 1 aromatic heterocycles. The van der Waals surface area contributed by atoms with Crippen LogP contribution in [0.3, 0.4) is 0 Å². The van der Waals surface area contributed by atoms with Crippen LogP contribution < -0.4 is 4.90 Å². The summed E-state index contributed by atoms with van der Waals surface area (Å²) < 4.78 is 0.986. The number of aromatic nitrogens is 1. The lowest BCUT2D eigenvalue weighted by Crippen LogP contribution is -2.09. The minimum absolute atomic E-state index is 0.156. The first-order chi connectivity index (χ1) is 8.58. The maximum absolute atomic E-state index is 10.7. The zero-order valence-electron chi connectivity index (χ0n) is 9.58. The van der Waals surface area contributed by atoms with Crippen LogP contribution in [0.4, 0.5) is 17.2 Å². The number of pyridine rings is 1. The number of hydrogen-bond donors (Lipinski definition) is 0. The van der Waals surface area contributed by atoms with E-state index in [4.69, 9.17) is 0 Å². The first-order valence-corrected chi connectivity index (χ1v) is 5.97. The summed E-state index contributed by atoms with van der Waals surface area (Å²) in [6.45, 7) is 0. The molecule has 2 aromatic rings. The van der Waals surface area contributed by atoms with Crippen LogP contribution in [-0.4, -0.2) is 17.0 Å². The molecule has 0 spiro atoms. The van der Waals surface area contributed by atoms with Gasteiger partial charge in [-0.05, 0) is 34.2 Å². The summed E-state index contributed by atoms with van der Waals surface area (Å²) >= 11 is 3.36. The Bertz CT molecular complexity index is 572. The number of anilines is 2. The zero-order valence-corrected chi connectivity index (χ0v) is 11.2. The monoisotopic (exact) mass is 307 g/mol. The summed E-state index contributed by atoms with van der Waals surface area (Å²) in [5, 5.41) is 10.7. The second-order valence-corrected chi connectivity index (χ2v) is 4.58. The lowest BCUT2D eigenvalue weighted by Gasteiger charge is -2.18. The van der Waals surface area contributed by atoms with Gasteiger partial charge in [-0.3, -0.25) is 0 Å². The second-order valence-electron chi connectivity index (χ2n) is 3.66. The Hall–Kier alpha value is -1.95. The molecule has 92 valence electrons. The smallest absolute Gasteiger partial charge is 0.358 e. The molecule has 0 unspecified atom stereocenters. The van der Waals surface area contributed by atoms with Crippen LogP contribution in [0.1, 0.15) is 0 Å². The van der Waals surface area contributed by atoms with Crippen molar-refractivity contribution in [1.29, 1.82) is 0 Å². The van der Waals surface area contributed by atoms with E-state index in [1.54, 1.807) is 6.07 Å². The second kappa shape index (κ2) is 5.14. The third kappa shape index (κ3) is 2.65. The van der Waals surface area contributed by atoms with Crippen LogP contribution in [0.15, 0.2) is 47.1 Å². The van der Waals surface area contributed by atoms with E-state index in [0.717, 1.165) is 15.8 Å². The lowest BCUT2D eigenvalue weighted by atomic mass is 10.2. The SMILES string of the molecule is CN(c1ccc(Br)cc1)c1ccnc([N+](=O)[O-])c1.